The van der Waals surface area contributed by atoms with Gasteiger partial charge in [0.25, 0.3) is 0 Å². The van der Waals surface area contributed by atoms with Crippen molar-refractivity contribution in [2.24, 2.45) is 0 Å². The fourth-order valence-corrected chi connectivity index (χ4v) is 7.59. The summed E-state index contributed by atoms with van der Waals surface area (Å²) in [6.07, 6.45) is 8.81. The second-order valence-electron chi connectivity index (χ2n) is 8.56. The van der Waals surface area contributed by atoms with E-state index in [4.69, 9.17) is 13.3 Å². The van der Waals surface area contributed by atoms with E-state index >= 15 is 0 Å². The summed E-state index contributed by atoms with van der Waals surface area (Å²) in [5, 5.41) is 0. The van der Waals surface area contributed by atoms with E-state index in [2.05, 4.69) is 38.8 Å². The zero-order valence-corrected chi connectivity index (χ0v) is 19.3. The molecule has 0 radical (unpaired) electrons. The fourth-order valence-electron chi connectivity index (χ4n) is 3.70. The molecule has 6 heteroatoms. The molecule has 0 aliphatic heterocycles. The third kappa shape index (κ3) is 7.26. The van der Waals surface area contributed by atoms with Gasteiger partial charge >= 0.3 is 8.80 Å². The summed E-state index contributed by atoms with van der Waals surface area (Å²) in [6.45, 7) is 12.8. The summed E-state index contributed by atoms with van der Waals surface area (Å²) < 4.78 is 17.6. The molecule has 0 N–H and O–H groups in total. The average molecular weight is 376 g/mol. The first-order valence-electron chi connectivity index (χ1n) is 9.75. The van der Waals surface area contributed by atoms with Gasteiger partial charge in [0.05, 0.1) is 8.80 Å². The highest BCUT2D eigenvalue weighted by Crippen LogP contribution is 2.29. The predicted octanol–water partition coefficient (Wildman–Crippen LogP) is 4.08. The molecule has 0 heterocycles. The Hall–Kier alpha value is 0.274. The van der Waals surface area contributed by atoms with Crippen LogP contribution in [0.5, 0.6) is 0 Å². The second-order valence-corrected chi connectivity index (χ2v) is 14.6. The van der Waals surface area contributed by atoms with E-state index in [1.807, 2.05) is 0 Å². The van der Waals surface area contributed by atoms with Gasteiger partial charge in [0.15, 0.2) is 0 Å². The summed E-state index contributed by atoms with van der Waals surface area (Å²) >= 11 is 0. The monoisotopic (exact) mass is 375 g/mol. The number of hydrogen-bond donors (Lipinski definition) is 0. The van der Waals surface area contributed by atoms with Crippen LogP contribution in [0.15, 0.2) is 0 Å². The van der Waals surface area contributed by atoms with Crippen LogP contribution in [0, 0.1) is 0 Å². The highest BCUT2D eigenvalue weighted by molar-refractivity contribution is 6.63. The quantitative estimate of drug-likeness (QED) is 0.538. The first kappa shape index (κ1) is 22.3. The third-order valence-electron chi connectivity index (χ3n) is 5.02. The lowest BCUT2D eigenvalue weighted by atomic mass is 9.90. The number of nitrogens with zero attached hydrogens (tertiary/aromatic N) is 1. The topological polar surface area (TPSA) is 30.9 Å². The van der Waals surface area contributed by atoms with E-state index in [0.29, 0.717) is 0 Å². The molecule has 0 saturated heterocycles. The van der Waals surface area contributed by atoms with Crippen molar-refractivity contribution in [1.29, 1.82) is 0 Å². The van der Waals surface area contributed by atoms with Crippen LogP contribution in [-0.2, 0) is 13.3 Å². The Morgan fingerprint density at radius 3 is 2.08 bits per heavy atom. The molecule has 1 aliphatic rings. The molecule has 144 valence electrons. The van der Waals surface area contributed by atoms with Gasteiger partial charge in [-0.15, -0.1) is 0 Å². The molecule has 1 fully saturated rings. The van der Waals surface area contributed by atoms with Crippen molar-refractivity contribution in [1.82, 2.24) is 4.90 Å². The van der Waals surface area contributed by atoms with Gasteiger partial charge in [0.2, 0.25) is 0 Å². The van der Waals surface area contributed by atoms with Crippen LogP contribution in [0.25, 0.3) is 0 Å². The van der Waals surface area contributed by atoms with Crippen molar-refractivity contribution in [3.05, 3.63) is 0 Å². The first-order chi connectivity index (χ1) is 11.2. The largest absolute Gasteiger partial charge is 0.500 e. The van der Waals surface area contributed by atoms with Gasteiger partial charge in [0.1, 0.15) is 0 Å². The molecule has 24 heavy (non-hydrogen) atoms. The van der Waals surface area contributed by atoms with Crippen molar-refractivity contribution in [3.63, 3.8) is 0 Å². The zero-order valence-electron chi connectivity index (χ0n) is 17.2. The molecule has 0 spiro atoms. The van der Waals surface area contributed by atoms with Crippen LogP contribution in [-0.4, -0.2) is 61.1 Å². The standard InChI is InChI=1S/C18H41NO3Si2/c1-18(2,3)19(17-12-9-8-10-13-17)14-11-15-24(20-4,21-5)22-16-23(6)7/h17,23H,8-16H2,1-7H3. The summed E-state index contributed by atoms with van der Waals surface area (Å²) in [5.41, 5.74) is 0.220. The Labute approximate surface area is 153 Å². The highest BCUT2D eigenvalue weighted by atomic mass is 28.4. The summed E-state index contributed by atoms with van der Waals surface area (Å²) in [4.78, 5) is 2.72. The number of hydrogen-bond acceptors (Lipinski definition) is 4. The molecule has 0 aromatic rings. The van der Waals surface area contributed by atoms with Crippen molar-refractivity contribution < 1.29 is 13.3 Å². The number of rotatable bonds is 10. The Balaban J connectivity index is 2.60. The van der Waals surface area contributed by atoms with E-state index in [0.717, 1.165) is 31.3 Å². The van der Waals surface area contributed by atoms with Crippen LogP contribution in [0.1, 0.15) is 59.3 Å². The van der Waals surface area contributed by atoms with E-state index in [1.54, 1.807) is 14.2 Å². The van der Waals surface area contributed by atoms with E-state index < -0.39 is 17.6 Å². The van der Waals surface area contributed by atoms with Gasteiger partial charge in [0, 0.05) is 38.1 Å². The van der Waals surface area contributed by atoms with Crippen LogP contribution in [0.2, 0.25) is 19.1 Å². The minimum Gasteiger partial charge on any atom is -0.377 e. The second kappa shape index (κ2) is 10.4. The average Bonchev–Trinajstić information content (AvgIpc) is 2.54. The lowest BCUT2D eigenvalue weighted by Crippen LogP contribution is -2.50. The van der Waals surface area contributed by atoms with Gasteiger partial charge in [-0.05, 0) is 46.6 Å². The maximum absolute atomic E-state index is 6.14. The van der Waals surface area contributed by atoms with Crippen molar-refractivity contribution in [3.8, 4) is 0 Å². The van der Waals surface area contributed by atoms with Crippen molar-refractivity contribution in [2.45, 2.75) is 90.0 Å². The smallest absolute Gasteiger partial charge is 0.377 e. The van der Waals surface area contributed by atoms with Gasteiger partial charge in [-0.2, -0.15) is 0 Å². The molecule has 1 aliphatic carbocycles. The normalized spacial score (nSPS) is 17.9. The molecule has 0 atom stereocenters. The van der Waals surface area contributed by atoms with Crippen LogP contribution >= 0.6 is 0 Å². The highest BCUT2D eigenvalue weighted by Gasteiger charge is 2.39. The molecule has 1 rings (SSSR count). The van der Waals surface area contributed by atoms with E-state index in [-0.39, 0.29) is 5.54 Å². The Bertz CT molecular complexity index is 338. The minimum absolute atomic E-state index is 0.220. The van der Waals surface area contributed by atoms with Crippen molar-refractivity contribution in [2.75, 3.05) is 27.0 Å². The lowest BCUT2D eigenvalue weighted by molar-refractivity contribution is 0.0568. The van der Waals surface area contributed by atoms with E-state index in [9.17, 15) is 0 Å². The maximum atomic E-state index is 6.14. The molecule has 1 saturated carbocycles. The van der Waals surface area contributed by atoms with Crippen LogP contribution in [0.3, 0.4) is 0 Å². The molecule has 0 aromatic carbocycles. The zero-order chi connectivity index (χ0) is 18.2. The fraction of sp³-hybridized carbons (Fsp3) is 1.00. The summed E-state index contributed by atoms with van der Waals surface area (Å²) in [7, 11) is 0.267. The molecule has 0 unspecified atom stereocenters. The molecule has 0 aromatic heterocycles. The predicted molar refractivity (Wildman–Crippen MR) is 107 cm³/mol. The lowest BCUT2D eigenvalue weighted by Gasteiger charge is -2.44. The Kier molecular flexibility index (Phi) is 9.70. The SMILES string of the molecule is CO[Si](CCCN(C1CCCCC1)C(C)(C)C)(OC)OC[SiH](C)C. The molecule has 0 bridgehead atoms. The summed E-state index contributed by atoms with van der Waals surface area (Å²) in [6, 6.07) is 1.66. The summed E-state index contributed by atoms with van der Waals surface area (Å²) in [5.74, 6) is 0. The van der Waals surface area contributed by atoms with Crippen LogP contribution < -0.4 is 0 Å². The Morgan fingerprint density at radius 1 is 1.04 bits per heavy atom. The first-order valence-corrected chi connectivity index (χ1v) is 14.8. The van der Waals surface area contributed by atoms with Crippen molar-refractivity contribution >= 4 is 17.6 Å². The van der Waals surface area contributed by atoms with Gasteiger partial charge in [-0.3, -0.25) is 4.90 Å². The Morgan fingerprint density at radius 2 is 1.62 bits per heavy atom. The molecular formula is C18H41NO3Si2. The van der Waals surface area contributed by atoms with Gasteiger partial charge in [-0.1, -0.05) is 32.4 Å². The third-order valence-corrected chi connectivity index (χ3v) is 9.00. The van der Waals surface area contributed by atoms with E-state index in [1.165, 1.54) is 32.1 Å². The maximum Gasteiger partial charge on any atom is 0.500 e. The van der Waals surface area contributed by atoms with Crippen LogP contribution in [0.4, 0.5) is 0 Å². The molecule has 4 nitrogen and oxygen atoms in total. The van der Waals surface area contributed by atoms with Gasteiger partial charge < -0.3 is 13.3 Å². The molecular weight excluding hydrogens is 334 g/mol. The van der Waals surface area contributed by atoms with Gasteiger partial charge in [-0.25, -0.2) is 0 Å². The minimum atomic E-state index is -2.47. The molecule has 0 amide bonds.